The average Bonchev–Trinajstić information content (AvgIpc) is 2.73. The van der Waals surface area contributed by atoms with E-state index in [2.05, 4.69) is 29.1 Å². The minimum atomic E-state index is 0. The predicted octanol–water partition coefficient (Wildman–Crippen LogP) is 4.14. The van der Waals surface area contributed by atoms with E-state index in [0.29, 0.717) is 12.5 Å². The Morgan fingerprint density at radius 1 is 1.19 bits per heavy atom. The van der Waals surface area contributed by atoms with Crippen LogP contribution in [0.15, 0.2) is 4.99 Å². The quantitative estimate of drug-likeness (QED) is 0.271. The molecule has 0 aliphatic heterocycles. The number of rotatable bonds is 9. The molecular formula is C15H29IN4S. The van der Waals surface area contributed by atoms with E-state index in [4.69, 9.17) is 5.73 Å². The van der Waals surface area contributed by atoms with Crippen LogP contribution in [0.25, 0.3) is 0 Å². The van der Waals surface area contributed by atoms with Crippen LogP contribution in [0.1, 0.15) is 61.0 Å². The van der Waals surface area contributed by atoms with E-state index in [1.54, 1.807) is 11.3 Å². The molecule has 0 radical (unpaired) electrons. The number of aromatic nitrogens is 1. The van der Waals surface area contributed by atoms with E-state index in [1.807, 2.05) is 6.92 Å². The van der Waals surface area contributed by atoms with E-state index in [0.717, 1.165) is 23.7 Å². The number of aryl methyl sites for hydroxylation is 2. The van der Waals surface area contributed by atoms with Crippen LogP contribution in [0.5, 0.6) is 0 Å². The van der Waals surface area contributed by atoms with Crippen LogP contribution in [-0.2, 0) is 6.54 Å². The normalized spacial score (nSPS) is 11.3. The number of nitrogens with zero attached hydrogens (tertiary/aromatic N) is 2. The maximum Gasteiger partial charge on any atom is 0.188 e. The van der Waals surface area contributed by atoms with E-state index >= 15 is 0 Å². The Kier molecular flexibility index (Phi) is 12.0. The number of hydrogen-bond donors (Lipinski definition) is 2. The number of nitrogens with one attached hydrogen (secondary N) is 1. The third-order valence-electron chi connectivity index (χ3n) is 3.24. The molecule has 0 atom stereocenters. The van der Waals surface area contributed by atoms with Gasteiger partial charge in [-0.15, -0.1) is 35.3 Å². The lowest BCUT2D eigenvalue weighted by Gasteiger charge is -2.05. The molecule has 0 aliphatic carbocycles. The van der Waals surface area contributed by atoms with Gasteiger partial charge >= 0.3 is 0 Å². The molecule has 0 aliphatic rings. The molecule has 0 fully saturated rings. The van der Waals surface area contributed by atoms with Gasteiger partial charge in [-0.25, -0.2) is 9.98 Å². The van der Waals surface area contributed by atoms with Gasteiger partial charge in [-0.05, 0) is 20.3 Å². The lowest BCUT2D eigenvalue weighted by atomic mass is 10.1. The molecule has 0 spiro atoms. The molecule has 1 aromatic rings. The van der Waals surface area contributed by atoms with Crippen molar-refractivity contribution >= 4 is 41.3 Å². The minimum absolute atomic E-state index is 0. The molecule has 0 amide bonds. The molecule has 0 bridgehead atoms. The first kappa shape index (κ1) is 20.6. The van der Waals surface area contributed by atoms with Crippen LogP contribution >= 0.6 is 35.3 Å². The summed E-state index contributed by atoms with van der Waals surface area (Å²) in [5, 5.41) is 4.26. The first-order valence-electron chi connectivity index (χ1n) is 7.60. The topological polar surface area (TPSA) is 63.3 Å². The Labute approximate surface area is 150 Å². The van der Waals surface area contributed by atoms with Crippen LogP contribution in [0.2, 0.25) is 0 Å². The van der Waals surface area contributed by atoms with Gasteiger partial charge in [-0.3, -0.25) is 0 Å². The summed E-state index contributed by atoms with van der Waals surface area (Å²) >= 11 is 1.71. The van der Waals surface area contributed by atoms with Crippen LogP contribution in [0.4, 0.5) is 0 Å². The molecule has 1 aromatic heterocycles. The van der Waals surface area contributed by atoms with Crippen molar-refractivity contribution in [1.82, 2.24) is 10.3 Å². The molecule has 3 N–H and O–H groups in total. The van der Waals surface area contributed by atoms with Crippen molar-refractivity contribution in [3.05, 3.63) is 15.6 Å². The summed E-state index contributed by atoms with van der Waals surface area (Å²) in [5.41, 5.74) is 6.89. The van der Waals surface area contributed by atoms with Crippen LogP contribution in [0.3, 0.4) is 0 Å². The fraction of sp³-hybridized carbons (Fsp3) is 0.733. The molecule has 0 aromatic carbocycles. The van der Waals surface area contributed by atoms with E-state index in [1.165, 1.54) is 37.0 Å². The summed E-state index contributed by atoms with van der Waals surface area (Å²) in [7, 11) is 0. The van der Waals surface area contributed by atoms with Gasteiger partial charge in [0.25, 0.3) is 0 Å². The maximum absolute atomic E-state index is 5.86. The first-order chi connectivity index (χ1) is 9.63. The highest BCUT2D eigenvalue weighted by Gasteiger charge is 2.03. The summed E-state index contributed by atoms with van der Waals surface area (Å²) in [5.74, 6) is 0.531. The monoisotopic (exact) mass is 424 g/mol. The molecule has 21 heavy (non-hydrogen) atoms. The second-order valence-electron chi connectivity index (χ2n) is 5.13. The van der Waals surface area contributed by atoms with Crippen molar-refractivity contribution in [3.63, 3.8) is 0 Å². The Bertz CT molecular complexity index is 418. The number of halogens is 1. The first-order valence-corrected chi connectivity index (χ1v) is 8.41. The summed E-state index contributed by atoms with van der Waals surface area (Å²) in [4.78, 5) is 10.0. The molecular weight excluding hydrogens is 395 g/mol. The van der Waals surface area contributed by atoms with Crippen molar-refractivity contribution in [3.8, 4) is 0 Å². The fourth-order valence-electron chi connectivity index (χ4n) is 2.06. The number of thiazole rings is 1. The molecule has 1 heterocycles. The smallest absolute Gasteiger partial charge is 0.188 e. The zero-order chi connectivity index (χ0) is 14.8. The molecule has 0 saturated carbocycles. The molecule has 4 nitrogen and oxygen atoms in total. The molecule has 1 rings (SSSR count). The van der Waals surface area contributed by atoms with Crippen molar-refractivity contribution in [2.75, 3.05) is 6.54 Å². The zero-order valence-corrected chi connectivity index (χ0v) is 16.6. The van der Waals surface area contributed by atoms with Gasteiger partial charge in [0, 0.05) is 11.4 Å². The second-order valence-corrected chi connectivity index (χ2v) is 6.54. The predicted molar refractivity (Wildman–Crippen MR) is 104 cm³/mol. The Hall–Kier alpha value is -0.370. The molecule has 0 saturated heterocycles. The number of unbranched alkanes of at least 4 members (excludes halogenated alkanes) is 5. The fourth-order valence-corrected chi connectivity index (χ4v) is 2.88. The van der Waals surface area contributed by atoms with Crippen molar-refractivity contribution in [1.29, 1.82) is 0 Å². The summed E-state index contributed by atoms with van der Waals surface area (Å²) in [6, 6.07) is 0. The summed E-state index contributed by atoms with van der Waals surface area (Å²) in [6.45, 7) is 7.83. The third kappa shape index (κ3) is 9.29. The Morgan fingerprint density at radius 3 is 2.48 bits per heavy atom. The van der Waals surface area contributed by atoms with Crippen molar-refractivity contribution in [2.24, 2.45) is 10.7 Å². The summed E-state index contributed by atoms with van der Waals surface area (Å²) in [6.07, 6.45) is 7.75. The standard InChI is InChI=1S/C15H28N4S.HI/c1-4-5-6-7-8-9-10-17-15(16)18-11-14-12(2)20-13(3)19-14;/h4-11H2,1-3H3,(H3,16,17,18);1H. The summed E-state index contributed by atoms with van der Waals surface area (Å²) < 4.78 is 0. The molecule has 6 heteroatoms. The van der Waals surface area contributed by atoms with Gasteiger partial charge in [0.2, 0.25) is 0 Å². The van der Waals surface area contributed by atoms with E-state index in [9.17, 15) is 0 Å². The minimum Gasteiger partial charge on any atom is -0.370 e. The molecule has 0 unspecified atom stereocenters. The van der Waals surface area contributed by atoms with E-state index < -0.39 is 0 Å². The van der Waals surface area contributed by atoms with Crippen LogP contribution < -0.4 is 11.1 Å². The Balaban J connectivity index is 0.00000400. The lowest BCUT2D eigenvalue weighted by Crippen LogP contribution is -2.32. The van der Waals surface area contributed by atoms with E-state index in [-0.39, 0.29) is 24.0 Å². The highest BCUT2D eigenvalue weighted by atomic mass is 127. The zero-order valence-electron chi connectivity index (χ0n) is 13.4. The van der Waals surface area contributed by atoms with Crippen molar-refractivity contribution < 1.29 is 0 Å². The highest BCUT2D eigenvalue weighted by Crippen LogP contribution is 2.16. The van der Waals surface area contributed by atoms with Gasteiger partial charge in [-0.1, -0.05) is 39.0 Å². The average molecular weight is 424 g/mol. The third-order valence-corrected chi connectivity index (χ3v) is 4.16. The maximum atomic E-state index is 5.86. The number of hydrogen-bond acceptors (Lipinski definition) is 3. The van der Waals surface area contributed by atoms with Crippen LogP contribution in [0, 0.1) is 13.8 Å². The largest absolute Gasteiger partial charge is 0.370 e. The van der Waals surface area contributed by atoms with Crippen LogP contribution in [-0.4, -0.2) is 17.5 Å². The van der Waals surface area contributed by atoms with Gasteiger partial charge < -0.3 is 11.1 Å². The van der Waals surface area contributed by atoms with Gasteiger partial charge in [0.15, 0.2) is 5.96 Å². The number of aliphatic imine (C=N–C) groups is 1. The lowest BCUT2D eigenvalue weighted by molar-refractivity contribution is 0.601. The van der Waals surface area contributed by atoms with Gasteiger partial charge in [-0.2, -0.15) is 0 Å². The molecule has 122 valence electrons. The Morgan fingerprint density at radius 2 is 1.86 bits per heavy atom. The highest BCUT2D eigenvalue weighted by molar-refractivity contribution is 14.0. The second kappa shape index (κ2) is 12.2. The van der Waals surface area contributed by atoms with Gasteiger partial charge in [0.05, 0.1) is 17.2 Å². The van der Waals surface area contributed by atoms with Crippen molar-refractivity contribution in [2.45, 2.75) is 65.8 Å². The number of nitrogens with two attached hydrogens (primary N) is 1. The van der Waals surface area contributed by atoms with Gasteiger partial charge in [0.1, 0.15) is 0 Å². The number of guanidine groups is 1. The SMILES string of the molecule is CCCCCCCCNC(N)=NCc1nc(C)sc1C.I.